The Kier molecular flexibility index (Phi) is 6.03. The summed E-state index contributed by atoms with van der Waals surface area (Å²) in [6, 6.07) is 17.2. The fraction of sp³-hybridized carbons (Fsp3) is 0.316. The van der Waals surface area contributed by atoms with Crippen LogP contribution in [0.4, 0.5) is 0 Å². The van der Waals surface area contributed by atoms with Crippen LogP contribution in [-0.4, -0.2) is 31.1 Å². The minimum absolute atomic E-state index is 0.0285. The fourth-order valence-electron chi connectivity index (χ4n) is 2.33. The number of carbonyl (C=O) groups is 1. The second-order valence-electron chi connectivity index (χ2n) is 5.37. The van der Waals surface area contributed by atoms with Crippen molar-refractivity contribution in [3.63, 3.8) is 0 Å². The second kappa shape index (κ2) is 8.22. The lowest BCUT2D eigenvalue weighted by Gasteiger charge is -2.24. The number of ether oxygens (including phenoxy) is 2. The van der Waals surface area contributed by atoms with Crippen LogP contribution in [-0.2, 0) is 11.3 Å². The van der Waals surface area contributed by atoms with Gasteiger partial charge in [-0.2, -0.15) is 0 Å². The molecular weight excluding hydrogens is 290 g/mol. The molecule has 0 aliphatic carbocycles. The van der Waals surface area contributed by atoms with E-state index < -0.39 is 6.10 Å². The first kappa shape index (κ1) is 16.9. The third kappa shape index (κ3) is 4.74. The van der Waals surface area contributed by atoms with Crippen LogP contribution in [0.15, 0.2) is 54.6 Å². The number of methoxy groups -OCH3 is 1. The Hall–Kier alpha value is -2.49. The Morgan fingerprint density at radius 3 is 2.43 bits per heavy atom. The average Bonchev–Trinajstić information content (AvgIpc) is 2.60. The van der Waals surface area contributed by atoms with Gasteiger partial charge in [0.15, 0.2) is 6.10 Å². The zero-order valence-electron chi connectivity index (χ0n) is 13.9. The van der Waals surface area contributed by atoms with E-state index in [0.29, 0.717) is 24.5 Å². The van der Waals surface area contributed by atoms with Gasteiger partial charge in [0.2, 0.25) is 0 Å². The van der Waals surface area contributed by atoms with E-state index in [1.165, 1.54) is 0 Å². The summed E-state index contributed by atoms with van der Waals surface area (Å²) in [5, 5.41) is 0. The molecule has 0 unspecified atom stereocenters. The summed E-state index contributed by atoms with van der Waals surface area (Å²) in [6.07, 6.45) is 0.102. The number of hydrogen-bond donors (Lipinski definition) is 0. The summed E-state index contributed by atoms with van der Waals surface area (Å²) >= 11 is 0. The van der Waals surface area contributed by atoms with Crippen molar-refractivity contribution in [2.24, 2.45) is 0 Å². The molecule has 0 bridgehead atoms. The van der Waals surface area contributed by atoms with Gasteiger partial charge in [-0.15, -0.1) is 0 Å². The van der Waals surface area contributed by atoms with Crippen LogP contribution in [0.1, 0.15) is 18.9 Å². The highest BCUT2D eigenvalue weighted by Gasteiger charge is 2.22. The fourth-order valence-corrected chi connectivity index (χ4v) is 2.33. The molecule has 4 heteroatoms. The molecule has 0 saturated heterocycles. The van der Waals surface area contributed by atoms with E-state index in [0.717, 1.165) is 5.56 Å². The van der Waals surface area contributed by atoms with Crippen molar-refractivity contribution in [1.29, 1.82) is 0 Å². The Bertz CT molecular complexity index is 628. The SMILES string of the molecule is CC[C@H](Oc1cccc(OC)c1)C(=O)N(C)Cc1ccccc1. The first-order valence-electron chi connectivity index (χ1n) is 7.73. The Morgan fingerprint density at radius 1 is 1.09 bits per heavy atom. The van der Waals surface area contributed by atoms with Crippen LogP contribution in [0.3, 0.4) is 0 Å². The summed E-state index contributed by atoms with van der Waals surface area (Å²) in [5.74, 6) is 1.32. The smallest absolute Gasteiger partial charge is 0.263 e. The lowest BCUT2D eigenvalue weighted by atomic mass is 10.2. The number of amides is 1. The summed E-state index contributed by atoms with van der Waals surface area (Å²) in [6.45, 7) is 2.51. The lowest BCUT2D eigenvalue weighted by molar-refractivity contribution is -0.138. The molecule has 23 heavy (non-hydrogen) atoms. The van der Waals surface area contributed by atoms with Gasteiger partial charge in [0.1, 0.15) is 11.5 Å². The van der Waals surface area contributed by atoms with Gasteiger partial charge >= 0.3 is 0 Å². The van der Waals surface area contributed by atoms with Crippen molar-refractivity contribution in [2.45, 2.75) is 26.0 Å². The largest absolute Gasteiger partial charge is 0.497 e. The van der Waals surface area contributed by atoms with E-state index in [9.17, 15) is 4.79 Å². The van der Waals surface area contributed by atoms with Gasteiger partial charge in [-0.05, 0) is 24.1 Å². The predicted molar refractivity (Wildman–Crippen MR) is 90.6 cm³/mol. The molecule has 0 aliphatic heterocycles. The number of likely N-dealkylation sites (N-methyl/N-ethyl adjacent to an activating group) is 1. The van der Waals surface area contributed by atoms with E-state index >= 15 is 0 Å². The molecule has 0 radical (unpaired) electrons. The first-order valence-corrected chi connectivity index (χ1v) is 7.73. The molecule has 122 valence electrons. The molecule has 0 aromatic heterocycles. The van der Waals surface area contributed by atoms with E-state index in [1.807, 2.05) is 55.5 Å². The first-order chi connectivity index (χ1) is 11.1. The third-order valence-electron chi connectivity index (χ3n) is 3.60. The van der Waals surface area contributed by atoms with Crippen LogP contribution in [0.2, 0.25) is 0 Å². The zero-order chi connectivity index (χ0) is 16.7. The maximum atomic E-state index is 12.6. The molecule has 2 aromatic rings. The molecule has 0 saturated carbocycles. The minimum atomic E-state index is -0.504. The van der Waals surface area contributed by atoms with Crippen molar-refractivity contribution in [2.75, 3.05) is 14.2 Å². The molecule has 0 spiro atoms. The quantitative estimate of drug-likeness (QED) is 0.785. The number of carbonyl (C=O) groups excluding carboxylic acids is 1. The summed E-state index contributed by atoms with van der Waals surface area (Å²) in [5.41, 5.74) is 1.10. The molecule has 1 amide bonds. The van der Waals surface area contributed by atoms with Crippen molar-refractivity contribution < 1.29 is 14.3 Å². The van der Waals surface area contributed by atoms with Crippen LogP contribution >= 0.6 is 0 Å². The van der Waals surface area contributed by atoms with Gasteiger partial charge in [-0.1, -0.05) is 43.3 Å². The molecule has 0 N–H and O–H groups in total. The van der Waals surface area contributed by atoms with Crippen LogP contribution < -0.4 is 9.47 Å². The standard InChI is InChI=1S/C19H23NO3/c1-4-18(23-17-12-8-11-16(13-17)22-3)19(21)20(2)14-15-9-6-5-7-10-15/h5-13,18H,4,14H2,1-3H3/t18-/m0/s1. The number of benzene rings is 2. The highest BCUT2D eigenvalue weighted by molar-refractivity contribution is 5.81. The van der Waals surface area contributed by atoms with E-state index in [1.54, 1.807) is 25.1 Å². The maximum Gasteiger partial charge on any atom is 0.263 e. The number of nitrogens with zero attached hydrogens (tertiary/aromatic N) is 1. The van der Waals surface area contributed by atoms with Gasteiger partial charge in [-0.25, -0.2) is 0 Å². The number of hydrogen-bond acceptors (Lipinski definition) is 3. The third-order valence-corrected chi connectivity index (χ3v) is 3.60. The van der Waals surface area contributed by atoms with Gasteiger partial charge in [0.25, 0.3) is 5.91 Å². The highest BCUT2D eigenvalue weighted by Crippen LogP contribution is 2.21. The van der Waals surface area contributed by atoms with Gasteiger partial charge in [-0.3, -0.25) is 4.79 Å². The van der Waals surface area contributed by atoms with Crippen molar-refractivity contribution >= 4 is 5.91 Å². The number of rotatable bonds is 7. The summed E-state index contributed by atoms with van der Waals surface area (Å²) < 4.78 is 11.0. The summed E-state index contributed by atoms with van der Waals surface area (Å²) in [4.78, 5) is 14.3. The van der Waals surface area contributed by atoms with Gasteiger partial charge in [0, 0.05) is 19.7 Å². The predicted octanol–water partition coefficient (Wildman–Crippen LogP) is 3.51. The van der Waals surface area contributed by atoms with Crippen molar-refractivity contribution in [3.8, 4) is 11.5 Å². The van der Waals surface area contributed by atoms with E-state index in [-0.39, 0.29) is 5.91 Å². The topological polar surface area (TPSA) is 38.8 Å². The maximum absolute atomic E-state index is 12.6. The Labute approximate surface area is 137 Å². The van der Waals surface area contributed by atoms with Gasteiger partial charge < -0.3 is 14.4 Å². The molecular formula is C19H23NO3. The highest BCUT2D eigenvalue weighted by atomic mass is 16.5. The molecule has 4 nitrogen and oxygen atoms in total. The Morgan fingerprint density at radius 2 is 1.78 bits per heavy atom. The molecule has 2 rings (SSSR count). The molecule has 0 heterocycles. The second-order valence-corrected chi connectivity index (χ2v) is 5.37. The van der Waals surface area contributed by atoms with E-state index in [4.69, 9.17) is 9.47 Å². The van der Waals surface area contributed by atoms with E-state index in [2.05, 4.69) is 0 Å². The van der Waals surface area contributed by atoms with Crippen LogP contribution in [0.5, 0.6) is 11.5 Å². The minimum Gasteiger partial charge on any atom is -0.497 e. The molecule has 0 aliphatic rings. The normalized spacial score (nSPS) is 11.6. The molecule has 2 aromatic carbocycles. The van der Waals surface area contributed by atoms with Crippen LogP contribution in [0, 0.1) is 0 Å². The molecule has 1 atom stereocenters. The van der Waals surface area contributed by atoms with Crippen molar-refractivity contribution in [3.05, 3.63) is 60.2 Å². The monoisotopic (exact) mass is 313 g/mol. The average molecular weight is 313 g/mol. The molecule has 0 fully saturated rings. The zero-order valence-corrected chi connectivity index (χ0v) is 13.9. The lowest BCUT2D eigenvalue weighted by Crippen LogP contribution is -2.39. The van der Waals surface area contributed by atoms with Crippen molar-refractivity contribution in [1.82, 2.24) is 4.90 Å². The van der Waals surface area contributed by atoms with Gasteiger partial charge in [0.05, 0.1) is 7.11 Å². The Balaban J connectivity index is 2.02. The van der Waals surface area contributed by atoms with Crippen LogP contribution in [0.25, 0.3) is 0 Å². The summed E-state index contributed by atoms with van der Waals surface area (Å²) in [7, 11) is 3.40.